The molecule has 0 N–H and O–H groups in total. The minimum absolute atomic E-state index is 0.248. The lowest BCUT2D eigenvalue weighted by atomic mass is 10.3. The lowest BCUT2D eigenvalue weighted by Crippen LogP contribution is -2.23. The number of benzene rings is 1. The molecule has 1 aromatic carbocycles. The molecule has 0 aliphatic rings. The Labute approximate surface area is 121 Å². The summed E-state index contributed by atoms with van der Waals surface area (Å²) in [5.41, 5.74) is 1.34. The van der Waals surface area contributed by atoms with Crippen molar-refractivity contribution in [2.75, 3.05) is 6.61 Å². The summed E-state index contributed by atoms with van der Waals surface area (Å²) in [5, 5.41) is 0. The number of nitrogens with zero attached hydrogens (tertiary/aromatic N) is 1. The number of hydrogen-bond acceptors (Lipinski definition) is 3. The number of hydrogen-bond donors (Lipinski definition) is 0. The van der Waals surface area contributed by atoms with Crippen LogP contribution in [0.4, 0.5) is 0 Å². The highest BCUT2D eigenvalue weighted by Crippen LogP contribution is 2.19. The molecule has 1 aromatic heterocycles. The van der Waals surface area contributed by atoms with Crippen molar-refractivity contribution < 1.29 is 9.15 Å². The maximum atomic E-state index is 11.8. The SMILES string of the molecule is C[Si](C)(C)CCOCn1c(=O)oc2cc(Br)ccc21. The van der Waals surface area contributed by atoms with E-state index in [1.807, 2.05) is 12.1 Å². The van der Waals surface area contributed by atoms with E-state index in [-0.39, 0.29) is 12.5 Å². The van der Waals surface area contributed by atoms with Crippen LogP contribution >= 0.6 is 15.9 Å². The van der Waals surface area contributed by atoms with Crippen LogP contribution in [0.15, 0.2) is 31.9 Å². The van der Waals surface area contributed by atoms with Gasteiger partial charge in [0.1, 0.15) is 6.73 Å². The minimum atomic E-state index is -1.10. The highest BCUT2D eigenvalue weighted by Gasteiger charge is 2.13. The summed E-state index contributed by atoms with van der Waals surface area (Å²) in [6, 6.07) is 6.61. The summed E-state index contributed by atoms with van der Waals surface area (Å²) in [7, 11) is -1.10. The first-order valence-corrected chi connectivity index (χ1v) is 10.7. The standard InChI is InChI=1S/C13H18BrNO3Si/c1-19(2,3)7-6-17-9-15-11-5-4-10(14)8-12(11)18-13(15)16/h4-5,8H,6-7,9H2,1-3H3. The molecule has 0 atom stereocenters. The Morgan fingerprint density at radius 1 is 1.37 bits per heavy atom. The Hall–Kier alpha value is -0.853. The molecule has 0 aliphatic carbocycles. The molecule has 2 aromatic rings. The van der Waals surface area contributed by atoms with Crippen LogP contribution in [0.2, 0.25) is 25.7 Å². The molecule has 0 radical (unpaired) electrons. The second-order valence-electron chi connectivity index (χ2n) is 5.76. The zero-order valence-corrected chi connectivity index (χ0v) is 14.0. The third-order valence-electron chi connectivity index (χ3n) is 2.85. The zero-order valence-electron chi connectivity index (χ0n) is 11.4. The van der Waals surface area contributed by atoms with Crippen LogP contribution in [0, 0.1) is 0 Å². The van der Waals surface area contributed by atoms with Crippen LogP contribution in [0.3, 0.4) is 0 Å². The molecule has 0 amide bonds. The molecule has 0 spiro atoms. The summed E-state index contributed by atoms with van der Waals surface area (Å²) in [6.07, 6.45) is 0. The molecule has 0 fully saturated rings. The van der Waals surface area contributed by atoms with Crippen molar-refractivity contribution in [3.05, 3.63) is 33.2 Å². The molecule has 0 aliphatic heterocycles. The number of halogens is 1. The molecule has 0 saturated heterocycles. The monoisotopic (exact) mass is 343 g/mol. The topological polar surface area (TPSA) is 44.4 Å². The third-order valence-corrected chi connectivity index (χ3v) is 5.04. The summed E-state index contributed by atoms with van der Waals surface area (Å²) in [5.74, 6) is -0.374. The molecule has 19 heavy (non-hydrogen) atoms. The van der Waals surface area contributed by atoms with Gasteiger partial charge in [-0.05, 0) is 24.2 Å². The highest BCUT2D eigenvalue weighted by atomic mass is 79.9. The molecule has 104 valence electrons. The highest BCUT2D eigenvalue weighted by molar-refractivity contribution is 9.10. The fourth-order valence-corrected chi connectivity index (χ4v) is 2.79. The number of oxazole rings is 1. The van der Waals surface area contributed by atoms with Gasteiger partial charge in [0.25, 0.3) is 0 Å². The molecule has 6 heteroatoms. The predicted molar refractivity (Wildman–Crippen MR) is 82.3 cm³/mol. The van der Waals surface area contributed by atoms with Crippen molar-refractivity contribution in [1.29, 1.82) is 0 Å². The van der Waals surface area contributed by atoms with E-state index in [2.05, 4.69) is 35.6 Å². The van der Waals surface area contributed by atoms with Gasteiger partial charge in [-0.15, -0.1) is 0 Å². The van der Waals surface area contributed by atoms with Gasteiger partial charge in [0.2, 0.25) is 0 Å². The van der Waals surface area contributed by atoms with Crippen molar-refractivity contribution >= 4 is 35.1 Å². The van der Waals surface area contributed by atoms with E-state index in [1.165, 1.54) is 4.57 Å². The van der Waals surface area contributed by atoms with E-state index in [0.29, 0.717) is 12.2 Å². The average Bonchev–Trinajstić information content (AvgIpc) is 2.58. The molecular formula is C13H18BrNO3Si. The molecule has 0 saturated carbocycles. The van der Waals surface area contributed by atoms with Crippen molar-refractivity contribution in [1.82, 2.24) is 4.57 Å². The number of fused-ring (bicyclic) bond motifs is 1. The lowest BCUT2D eigenvalue weighted by molar-refractivity contribution is 0.0850. The summed E-state index contributed by atoms with van der Waals surface area (Å²) in [6.45, 7) is 7.83. The number of aromatic nitrogens is 1. The van der Waals surface area contributed by atoms with Gasteiger partial charge in [-0.3, -0.25) is 0 Å². The quantitative estimate of drug-likeness (QED) is 0.614. The second-order valence-corrected chi connectivity index (χ2v) is 12.3. The Bertz CT molecular complexity index is 627. The van der Waals surface area contributed by atoms with E-state index in [1.54, 1.807) is 6.07 Å². The lowest BCUT2D eigenvalue weighted by Gasteiger charge is -2.15. The molecule has 2 rings (SSSR count). The fraction of sp³-hybridized carbons (Fsp3) is 0.462. The van der Waals surface area contributed by atoms with Crippen molar-refractivity contribution in [3.8, 4) is 0 Å². The predicted octanol–water partition coefficient (Wildman–Crippen LogP) is 3.67. The Kier molecular flexibility index (Phi) is 4.32. The molecular weight excluding hydrogens is 326 g/mol. The van der Waals surface area contributed by atoms with Gasteiger partial charge in [0.15, 0.2) is 5.58 Å². The van der Waals surface area contributed by atoms with Gasteiger partial charge in [0.05, 0.1) is 5.52 Å². The van der Waals surface area contributed by atoms with Crippen LogP contribution in [-0.2, 0) is 11.5 Å². The van der Waals surface area contributed by atoms with Crippen LogP contribution < -0.4 is 5.76 Å². The van der Waals surface area contributed by atoms with E-state index in [9.17, 15) is 4.79 Å². The van der Waals surface area contributed by atoms with E-state index in [0.717, 1.165) is 16.0 Å². The van der Waals surface area contributed by atoms with Gasteiger partial charge >= 0.3 is 5.76 Å². The minimum Gasteiger partial charge on any atom is -0.408 e. The van der Waals surface area contributed by atoms with Gasteiger partial charge in [-0.1, -0.05) is 35.6 Å². The van der Waals surface area contributed by atoms with Gasteiger partial charge in [-0.2, -0.15) is 0 Å². The number of rotatable bonds is 5. The molecule has 1 heterocycles. The van der Waals surface area contributed by atoms with Gasteiger partial charge in [-0.25, -0.2) is 9.36 Å². The van der Waals surface area contributed by atoms with Crippen LogP contribution in [-0.4, -0.2) is 19.2 Å². The van der Waals surface area contributed by atoms with Crippen LogP contribution in [0.25, 0.3) is 11.1 Å². The maximum absolute atomic E-state index is 11.8. The summed E-state index contributed by atoms with van der Waals surface area (Å²) in [4.78, 5) is 11.8. The van der Waals surface area contributed by atoms with Crippen LogP contribution in [0.1, 0.15) is 0 Å². The number of ether oxygens (including phenoxy) is 1. The first kappa shape index (κ1) is 14.6. The summed E-state index contributed by atoms with van der Waals surface area (Å²) < 4.78 is 13.2. The van der Waals surface area contributed by atoms with Crippen molar-refractivity contribution in [2.24, 2.45) is 0 Å². The molecule has 0 unspecified atom stereocenters. The normalized spacial score (nSPS) is 12.2. The van der Waals surface area contributed by atoms with Crippen molar-refractivity contribution in [3.63, 3.8) is 0 Å². The Morgan fingerprint density at radius 2 is 2.11 bits per heavy atom. The average molecular weight is 344 g/mol. The van der Waals surface area contributed by atoms with E-state index < -0.39 is 8.07 Å². The fourth-order valence-electron chi connectivity index (χ4n) is 1.70. The smallest absolute Gasteiger partial charge is 0.408 e. The zero-order chi connectivity index (χ0) is 14.0. The maximum Gasteiger partial charge on any atom is 0.421 e. The van der Waals surface area contributed by atoms with Gasteiger partial charge < -0.3 is 9.15 Å². The Morgan fingerprint density at radius 3 is 2.79 bits per heavy atom. The second kappa shape index (κ2) is 5.64. The largest absolute Gasteiger partial charge is 0.421 e. The molecule has 0 bridgehead atoms. The Balaban J connectivity index is 2.09. The van der Waals surface area contributed by atoms with E-state index >= 15 is 0 Å². The van der Waals surface area contributed by atoms with Crippen LogP contribution in [0.5, 0.6) is 0 Å². The third kappa shape index (κ3) is 3.81. The van der Waals surface area contributed by atoms with Crippen molar-refractivity contribution in [2.45, 2.75) is 32.4 Å². The first-order chi connectivity index (χ1) is 8.87. The molecule has 4 nitrogen and oxygen atoms in total. The van der Waals surface area contributed by atoms with Gasteiger partial charge in [0, 0.05) is 19.2 Å². The first-order valence-electron chi connectivity index (χ1n) is 6.23. The van der Waals surface area contributed by atoms with E-state index in [4.69, 9.17) is 9.15 Å². The summed E-state index contributed by atoms with van der Waals surface area (Å²) >= 11 is 3.35.